The second kappa shape index (κ2) is 15.7. The Hall–Kier alpha value is -6.13. The standard InChI is InChI=1S/C42H44FN9O6/c1-56-34-4-3-5-35(38(34)43)58-30-9-6-25(7-10-30)39-31-19-44-20-36(57-2)40(31)52(48-39)26-14-16-49(17-15-26)28-21-51(22-28)29-23-50(24-29)27-8-11-32(45-18-27)41(54)46-33-12-13-37(53)47-42(33)55/h3-11,18-20,26,28-29,33H,12-17,21-24H2,1-2H3,(H,46,54)(H,47,53,55). The van der Waals surface area contributed by atoms with Crippen LogP contribution in [0.5, 0.6) is 23.0 Å². The number of amides is 3. The van der Waals surface area contributed by atoms with Gasteiger partial charge < -0.3 is 24.4 Å². The van der Waals surface area contributed by atoms with Crippen molar-refractivity contribution in [2.45, 2.75) is 49.9 Å². The molecule has 4 saturated heterocycles. The van der Waals surface area contributed by atoms with Gasteiger partial charge in [0.25, 0.3) is 5.91 Å². The van der Waals surface area contributed by atoms with E-state index >= 15 is 0 Å². The predicted octanol–water partition coefficient (Wildman–Crippen LogP) is 4.19. The Labute approximate surface area is 334 Å². The number of imide groups is 1. The van der Waals surface area contributed by atoms with Crippen molar-refractivity contribution in [1.29, 1.82) is 0 Å². The molecule has 4 aliphatic heterocycles. The Balaban J connectivity index is 0.780. The first kappa shape index (κ1) is 37.4. The number of methoxy groups -OCH3 is 2. The molecule has 4 fully saturated rings. The van der Waals surface area contributed by atoms with Crippen LogP contribution >= 0.6 is 0 Å². The summed E-state index contributed by atoms with van der Waals surface area (Å²) in [5, 5.41) is 11.0. The fraction of sp³-hybridized carbons (Fsp3) is 0.381. The monoisotopic (exact) mass is 789 g/mol. The van der Waals surface area contributed by atoms with Gasteiger partial charge in [-0.25, -0.2) is 4.98 Å². The summed E-state index contributed by atoms with van der Waals surface area (Å²) in [6, 6.07) is 16.3. The van der Waals surface area contributed by atoms with Crippen LogP contribution in [0.3, 0.4) is 0 Å². The summed E-state index contributed by atoms with van der Waals surface area (Å²) in [5.41, 5.74) is 3.81. The number of anilines is 1. The van der Waals surface area contributed by atoms with E-state index in [1.807, 2.05) is 24.4 Å². The highest BCUT2D eigenvalue weighted by Gasteiger charge is 2.42. The number of pyridine rings is 2. The molecule has 2 N–H and O–H groups in total. The van der Waals surface area contributed by atoms with Gasteiger partial charge in [-0.05, 0) is 67.8 Å². The van der Waals surface area contributed by atoms with Crippen molar-refractivity contribution in [3.05, 3.63) is 84.7 Å². The number of halogens is 1. The van der Waals surface area contributed by atoms with E-state index in [0.717, 1.165) is 80.0 Å². The zero-order valence-corrected chi connectivity index (χ0v) is 32.3. The van der Waals surface area contributed by atoms with Crippen LogP contribution in [0.2, 0.25) is 0 Å². The zero-order valence-electron chi connectivity index (χ0n) is 32.3. The van der Waals surface area contributed by atoms with E-state index in [1.54, 1.807) is 55.9 Å². The molecule has 3 aromatic heterocycles. The Kier molecular flexibility index (Phi) is 10.1. The molecule has 0 spiro atoms. The molecule has 16 heteroatoms. The number of ether oxygens (including phenoxy) is 3. The molecule has 1 unspecified atom stereocenters. The molecule has 0 radical (unpaired) electrons. The van der Waals surface area contributed by atoms with E-state index in [0.29, 0.717) is 23.6 Å². The van der Waals surface area contributed by atoms with E-state index in [1.165, 1.54) is 7.11 Å². The molecule has 300 valence electrons. The average molecular weight is 790 g/mol. The van der Waals surface area contributed by atoms with Crippen molar-refractivity contribution in [2.75, 3.05) is 58.4 Å². The molecule has 3 amide bonds. The van der Waals surface area contributed by atoms with E-state index in [2.05, 4.69) is 40.0 Å². The van der Waals surface area contributed by atoms with Gasteiger partial charge in [0, 0.05) is 69.5 Å². The van der Waals surface area contributed by atoms with Crippen LogP contribution in [0.25, 0.3) is 22.2 Å². The van der Waals surface area contributed by atoms with Gasteiger partial charge in [0.05, 0.1) is 43.7 Å². The van der Waals surface area contributed by atoms with Crippen molar-refractivity contribution in [1.82, 2.24) is 40.2 Å². The summed E-state index contributed by atoms with van der Waals surface area (Å²) in [6.07, 6.45) is 7.68. The summed E-state index contributed by atoms with van der Waals surface area (Å²) < 4.78 is 33.6. The quantitative estimate of drug-likeness (QED) is 0.185. The van der Waals surface area contributed by atoms with E-state index in [9.17, 15) is 18.8 Å². The molecule has 4 aliphatic rings. The molecule has 5 aromatic rings. The number of piperidine rings is 2. The van der Waals surface area contributed by atoms with Crippen molar-refractivity contribution >= 4 is 34.3 Å². The van der Waals surface area contributed by atoms with Crippen molar-refractivity contribution in [3.63, 3.8) is 0 Å². The molecular formula is C42H44FN9O6. The lowest BCUT2D eigenvalue weighted by molar-refractivity contribution is -0.134. The maximum Gasteiger partial charge on any atom is 0.270 e. The number of carbonyl (C=O) groups excluding carboxylic acids is 3. The number of benzene rings is 2. The molecule has 0 aliphatic carbocycles. The lowest BCUT2D eigenvalue weighted by atomic mass is 9.95. The summed E-state index contributed by atoms with van der Waals surface area (Å²) in [4.78, 5) is 52.3. The van der Waals surface area contributed by atoms with Gasteiger partial charge >= 0.3 is 0 Å². The molecule has 15 nitrogen and oxygen atoms in total. The molecule has 9 rings (SSSR count). The third-order valence-electron chi connectivity index (χ3n) is 11.8. The molecule has 0 bridgehead atoms. The minimum absolute atomic E-state index is 0.0864. The lowest BCUT2D eigenvalue weighted by Crippen LogP contribution is -2.70. The molecule has 2 aromatic carbocycles. The number of aromatic nitrogens is 4. The smallest absolute Gasteiger partial charge is 0.270 e. The first-order valence-corrected chi connectivity index (χ1v) is 19.6. The largest absolute Gasteiger partial charge is 0.494 e. The van der Waals surface area contributed by atoms with Gasteiger partial charge in [0.1, 0.15) is 28.7 Å². The molecule has 1 atom stereocenters. The van der Waals surface area contributed by atoms with Crippen LogP contribution in [0.4, 0.5) is 10.1 Å². The maximum atomic E-state index is 14.7. The van der Waals surface area contributed by atoms with Crippen LogP contribution in [-0.2, 0) is 9.59 Å². The Morgan fingerprint density at radius 2 is 1.57 bits per heavy atom. The van der Waals surface area contributed by atoms with Crippen molar-refractivity contribution in [3.8, 4) is 34.3 Å². The third-order valence-corrected chi connectivity index (χ3v) is 11.8. The van der Waals surface area contributed by atoms with E-state index in [4.69, 9.17) is 19.3 Å². The van der Waals surface area contributed by atoms with Crippen LogP contribution in [-0.4, -0.2) is 119 Å². The summed E-state index contributed by atoms with van der Waals surface area (Å²) in [7, 11) is 3.08. The van der Waals surface area contributed by atoms with Crippen LogP contribution in [0, 0.1) is 5.82 Å². The summed E-state index contributed by atoms with van der Waals surface area (Å²) in [5.74, 6) is -0.418. The molecular weight excluding hydrogens is 746 g/mol. The Morgan fingerprint density at radius 3 is 2.28 bits per heavy atom. The normalized spacial score (nSPS) is 19.7. The van der Waals surface area contributed by atoms with Gasteiger partial charge in [-0.1, -0.05) is 6.07 Å². The van der Waals surface area contributed by atoms with E-state index in [-0.39, 0.29) is 42.0 Å². The predicted molar refractivity (Wildman–Crippen MR) is 212 cm³/mol. The van der Waals surface area contributed by atoms with Crippen LogP contribution < -0.4 is 29.7 Å². The summed E-state index contributed by atoms with van der Waals surface area (Å²) >= 11 is 0. The maximum absolute atomic E-state index is 14.7. The van der Waals surface area contributed by atoms with Gasteiger partial charge in [-0.15, -0.1) is 0 Å². The van der Waals surface area contributed by atoms with Gasteiger partial charge in [-0.3, -0.25) is 39.2 Å². The highest BCUT2D eigenvalue weighted by atomic mass is 19.1. The molecule has 0 saturated carbocycles. The number of nitrogens with zero attached hydrogens (tertiary/aromatic N) is 7. The minimum atomic E-state index is -0.735. The Morgan fingerprint density at radius 1 is 0.828 bits per heavy atom. The second-order valence-corrected chi connectivity index (χ2v) is 15.2. The zero-order chi connectivity index (χ0) is 39.9. The van der Waals surface area contributed by atoms with Gasteiger partial charge in [-0.2, -0.15) is 9.49 Å². The van der Waals surface area contributed by atoms with Gasteiger partial charge in [0.15, 0.2) is 17.2 Å². The number of carbonyl (C=O) groups is 3. The van der Waals surface area contributed by atoms with E-state index < -0.39 is 23.7 Å². The fourth-order valence-electron chi connectivity index (χ4n) is 8.40. The minimum Gasteiger partial charge on any atom is -0.494 e. The number of fused-ring (bicyclic) bond motifs is 1. The fourth-order valence-corrected chi connectivity index (χ4v) is 8.40. The highest BCUT2D eigenvalue weighted by molar-refractivity contribution is 6.03. The first-order valence-electron chi connectivity index (χ1n) is 19.6. The number of hydrogen-bond acceptors (Lipinski definition) is 12. The van der Waals surface area contributed by atoms with Crippen molar-refractivity contribution < 1.29 is 33.0 Å². The topological polar surface area (TPSA) is 156 Å². The highest BCUT2D eigenvalue weighted by Crippen LogP contribution is 2.39. The third kappa shape index (κ3) is 7.17. The van der Waals surface area contributed by atoms with Crippen LogP contribution in [0.1, 0.15) is 42.2 Å². The SMILES string of the molecule is COc1cccc(Oc2ccc(-c3nn(C4CCN(C5CN(C6CN(c7ccc(C(=O)NC8CCC(=O)NC8=O)nc7)C6)C5)CC4)c4c(OC)cncc34)cc2)c1F. The Bertz CT molecular complexity index is 2340. The average Bonchev–Trinajstić information content (AvgIpc) is 3.60. The van der Waals surface area contributed by atoms with Gasteiger partial charge in [0.2, 0.25) is 17.6 Å². The number of nitrogens with one attached hydrogen (secondary N) is 2. The molecule has 58 heavy (non-hydrogen) atoms. The lowest BCUT2D eigenvalue weighted by Gasteiger charge is -2.55. The summed E-state index contributed by atoms with van der Waals surface area (Å²) in [6.45, 7) is 5.84. The second-order valence-electron chi connectivity index (χ2n) is 15.2. The number of rotatable bonds is 11. The molecule has 7 heterocycles. The number of likely N-dealkylation sites (tertiary alicyclic amines) is 2. The van der Waals surface area contributed by atoms with Crippen molar-refractivity contribution in [2.24, 2.45) is 0 Å². The first-order chi connectivity index (χ1) is 28.3. The van der Waals surface area contributed by atoms with Crippen LogP contribution in [0.15, 0.2) is 73.2 Å². The number of hydrogen-bond donors (Lipinski definition) is 2.